The Balaban J connectivity index is 2.60. The van der Waals surface area contributed by atoms with Crippen LogP contribution >= 0.6 is 0 Å². The SMILES string of the molecule is COC(=O)C1CC(S(=O)(=O)F)CN1. The van der Waals surface area contributed by atoms with Gasteiger partial charge in [0.2, 0.25) is 0 Å². The van der Waals surface area contributed by atoms with Crippen LogP contribution in [0.25, 0.3) is 0 Å². The number of nitrogens with one attached hydrogen (secondary N) is 1. The number of hydrogen-bond donors (Lipinski definition) is 1. The molecule has 1 saturated heterocycles. The smallest absolute Gasteiger partial charge is 0.322 e. The third-order valence-electron chi connectivity index (χ3n) is 1.97. The summed E-state index contributed by atoms with van der Waals surface area (Å²) in [5.41, 5.74) is 0. The number of rotatable bonds is 2. The molecule has 0 spiro atoms. The number of halogens is 1. The predicted octanol–water partition coefficient (Wildman–Crippen LogP) is -0.811. The zero-order chi connectivity index (χ0) is 10.1. The molecule has 1 rings (SSSR count). The maximum atomic E-state index is 12.4. The predicted molar refractivity (Wildman–Crippen MR) is 42.2 cm³/mol. The van der Waals surface area contributed by atoms with Gasteiger partial charge in [0.25, 0.3) is 0 Å². The summed E-state index contributed by atoms with van der Waals surface area (Å²) in [5.74, 6) is -0.564. The molecule has 7 heteroatoms. The first-order valence-corrected chi connectivity index (χ1v) is 5.14. The van der Waals surface area contributed by atoms with E-state index in [0.29, 0.717) is 0 Å². The van der Waals surface area contributed by atoms with Gasteiger partial charge in [-0.2, -0.15) is 8.42 Å². The van der Waals surface area contributed by atoms with Gasteiger partial charge in [-0.25, -0.2) is 0 Å². The second-order valence-corrected chi connectivity index (χ2v) is 4.44. The average Bonchev–Trinajstić information content (AvgIpc) is 2.50. The molecule has 1 heterocycles. The normalized spacial score (nSPS) is 28.8. The highest BCUT2D eigenvalue weighted by Gasteiger charge is 2.37. The Morgan fingerprint density at radius 3 is 2.62 bits per heavy atom. The van der Waals surface area contributed by atoms with Crippen LogP contribution in [-0.4, -0.2) is 39.3 Å². The van der Waals surface area contributed by atoms with E-state index in [-0.39, 0.29) is 13.0 Å². The second-order valence-electron chi connectivity index (χ2n) is 2.82. The Kier molecular flexibility index (Phi) is 2.87. The van der Waals surface area contributed by atoms with Crippen LogP contribution in [0.15, 0.2) is 0 Å². The minimum absolute atomic E-state index is 0.0431. The van der Waals surface area contributed by atoms with E-state index in [1.54, 1.807) is 0 Å². The van der Waals surface area contributed by atoms with E-state index in [4.69, 9.17) is 0 Å². The van der Waals surface area contributed by atoms with Crippen LogP contribution in [0, 0.1) is 0 Å². The fourth-order valence-electron chi connectivity index (χ4n) is 1.24. The lowest BCUT2D eigenvalue weighted by Gasteiger charge is -2.05. The number of hydrogen-bond acceptors (Lipinski definition) is 5. The Morgan fingerprint density at radius 2 is 2.23 bits per heavy atom. The van der Waals surface area contributed by atoms with Crippen LogP contribution in [0.5, 0.6) is 0 Å². The van der Waals surface area contributed by atoms with E-state index in [1.165, 1.54) is 7.11 Å². The molecule has 0 bridgehead atoms. The van der Waals surface area contributed by atoms with Crippen LogP contribution in [0.4, 0.5) is 3.89 Å². The van der Waals surface area contributed by atoms with Crippen molar-refractivity contribution in [3.05, 3.63) is 0 Å². The van der Waals surface area contributed by atoms with Gasteiger partial charge in [-0.05, 0) is 6.42 Å². The van der Waals surface area contributed by atoms with Gasteiger partial charge >= 0.3 is 16.2 Å². The molecule has 0 aromatic carbocycles. The second kappa shape index (κ2) is 3.59. The molecule has 2 unspecified atom stereocenters. The summed E-state index contributed by atoms with van der Waals surface area (Å²) < 4.78 is 37.7. The molecule has 0 amide bonds. The zero-order valence-corrected chi connectivity index (χ0v) is 7.80. The molecule has 13 heavy (non-hydrogen) atoms. The summed E-state index contributed by atoms with van der Waals surface area (Å²) in [4.78, 5) is 10.9. The van der Waals surface area contributed by atoms with Crippen molar-refractivity contribution in [2.24, 2.45) is 0 Å². The Morgan fingerprint density at radius 1 is 1.62 bits per heavy atom. The van der Waals surface area contributed by atoms with Gasteiger partial charge in [0, 0.05) is 6.54 Å². The number of carbonyl (C=O) groups is 1. The van der Waals surface area contributed by atoms with Crippen molar-refractivity contribution >= 4 is 16.2 Å². The van der Waals surface area contributed by atoms with E-state index in [1.807, 2.05) is 0 Å². The third-order valence-corrected chi connectivity index (χ3v) is 3.13. The van der Waals surface area contributed by atoms with Crippen molar-refractivity contribution < 1.29 is 21.8 Å². The van der Waals surface area contributed by atoms with Crippen molar-refractivity contribution in [1.82, 2.24) is 5.32 Å². The Labute approximate surface area is 75.5 Å². The molecule has 76 valence electrons. The molecule has 1 aliphatic rings. The van der Waals surface area contributed by atoms with E-state index >= 15 is 0 Å². The molecule has 0 saturated carbocycles. The van der Waals surface area contributed by atoms with Crippen LogP contribution in [-0.2, 0) is 19.8 Å². The van der Waals surface area contributed by atoms with Gasteiger partial charge in [0.15, 0.2) is 0 Å². The summed E-state index contributed by atoms with van der Waals surface area (Å²) in [6.07, 6.45) is -0.0640. The van der Waals surface area contributed by atoms with Gasteiger partial charge in [0.1, 0.15) is 11.3 Å². The topological polar surface area (TPSA) is 72.5 Å². The largest absolute Gasteiger partial charge is 0.468 e. The molecule has 1 aliphatic heterocycles. The molecule has 0 aromatic heterocycles. The third kappa shape index (κ3) is 2.38. The van der Waals surface area contributed by atoms with Crippen molar-refractivity contribution in [2.75, 3.05) is 13.7 Å². The van der Waals surface area contributed by atoms with Gasteiger partial charge in [0.05, 0.1) is 7.11 Å². The quantitative estimate of drug-likeness (QED) is 0.477. The summed E-state index contributed by atoms with van der Waals surface area (Å²) in [6, 6.07) is -0.708. The Hall–Kier alpha value is -0.690. The molecule has 1 N–H and O–H groups in total. The van der Waals surface area contributed by atoms with Crippen molar-refractivity contribution in [3.63, 3.8) is 0 Å². The molecule has 2 atom stereocenters. The highest BCUT2D eigenvalue weighted by Crippen LogP contribution is 2.16. The summed E-state index contributed by atoms with van der Waals surface area (Å²) in [6.45, 7) is -0.0431. The lowest BCUT2D eigenvalue weighted by molar-refractivity contribution is -0.142. The summed E-state index contributed by atoms with van der Waals surface area (Å²) in [5, 5.41) is 1.44. The highest BCUT2D eigenvalue weighted by atomic mass is 32.3. The number of esters is 1. The maximum absolute atomic E-state index is 12.4. The van der Waals surface area contributed by atoms with Crippen molar-refractivity contribution in [1.29, 1.82) is 0 Å². The molecule has 5 nitrogen and oxygen atoms in total. The molecular weight excluding hydrogens is 201 g/mol. The van der Waals surface area contributed by atoms with Gasteiger partial charge in [-0.1, -0.05) is 0 Å². The van der Waals surface area contributed by atoms with E-state index in [2.05, 4.69) is 10.1 Å². The van der Waals surface area contributed by atoms with Gasteiger partial charge in [-0.3, -0.25) is 4.79 Å². The summed E-state index contributed by atoms with van der Waals surface area (Å²) >= 11 is 0. The number of ether oxygens (including phenoxy) is 1. The van der Waals surface area contributed by atoms with E-state index < -0.39 is 27.5 Å². The van der Waals surface area contributed by atoms with E-state index in [9.17, 15) is 17.1 Å². The first kappa shape index (κ1) is 10.4. The minimum atomic E-state index is -4.55. The molecule has 0 aliphatic carbocycles. The van der Waals surface area contributed by atoms with Crippen LogP contribution in [0.2, 0.25) is 0 Å². The van der Waals surface area contributed by atoms with E-state index in [0.717, 1.165) is 0 Å². The lowest BCUT2D eigenvalue weighted by Crippen LogP contribution is -2.31. The standard InChI is InChI=1S/C6H10FNO4S/c1-12-6(9)5-2-4(3-8-5)13(7,10)11/h4-5,8H,2-3H2,1H3. The monoisotopic (exact) mass is 211 g/mol. The maximum Gasteiger partial charge on any atom is 0.322 e. The van der Waals surface area contributed by atoms with Crippen LogP contribution < -0.4 is 5.32 Å². The minimum Gasteiger partial charge on any atom is -0.468 e. The zero-order valence-electron chi connectivity index (χ0n) is 6.99. The Bertz CT molecular complexity index is 302. The van der Waals surface area contributed by atoms with Crippen molar-refractivity contribution in [3.8, 4) is 0 Å². The van der Waals surface area contributed by atoms with Gasteiger partial charge < -0.3 is 10.1 Å². The van der Waals surface area contributed by atoms with Crippen LogP contribution in [0.1, 0.15) is 6.42 Å². The van der Waals surface area contributed by atoms with Crippen LogP contribution in [0.3, 0.4) is 0 Å². The van der Waals surface area contributed by atoms with Gasteiger partial charge in [-0.15, -0.1) is 3.89 Å². The highest BCUT2D eigenvalue weighted by molar-refractivity contribution is 7.87. The lowest BCUT2D eigenvalue weighted by atomic mass is 10.2. The molecule has 0 radical (unpaired) electrons. The number of carbonyl (C=O) groups excluding carboxylic acids is 1. The fraction of sp³-hybridized carbons (Fsp3) is 0.833. The number of methoxy groups -OCH3 is 1. The first-order valence-electron chi connectivity index (χ1n) is 3.70. The first-order chi connectivity index (χ1) is 5.95. The molecule has 0 aromatic rings. The molecular formula is C6H10FNO4S. The fourth-order valence-corrected chi connectivity index (χ4v) is 1.96. The average molecular weight is 211 g/mol. The summed E-state index contributed by atoms with van der Waals surface area (Å²) in [7, 11) is -3.35. The van der Waals surface area contributed by atoms with Crippen molar-refractivity contribution in [2.45, 2.75) is 17.7 Å². The molecule has 1 fully saturated rings.